The van der Waals surface area contributed by atoms with Crippen molar-refractivity contribution in [3.05, 3.63) is 42.0 Å². The Hall–Kier alpha value is -2.53. The quantitative estimate of drug-likeness (QED) is 0.711. The van der Waals surface area contributed by atoms with E-state index in [9.17, 15) is 8.42 Å². The van der Waals surface area contributed by atoms with Gasteiger partial charge in [0, 0.05) is 31.7 Å². The molecule has 166 valence electrons. The fraction of sp³-hybridized carbons (Fsp3) is 0.429. The Morgan fingerprint density at radius 3 is 2.35 bits per heavy atom. The molecule has 0 saturated carbocycles. The first-order valence-corrected chi connectivity index (χ1v) is 11.7. The van der Waals surface area contributed by atoms with Gasteiger partial charge >= 0.3 is 0 Å². The predicted octanol–water partition coefficient (Wildman–Crippen LogP) is 1.54. The molecular formula is C21H24N2O7S. The number of rotatable bonds is 6. The average molecular weight is 448 g/mol. The van der Waals surface area contributed by atoms with Crippen molar-refractivity contribution in [3.63, 3.8) is 0 Å². The maximum Gasteiger partial charge on any atom is 0.240 e. The van der Waals surface area contributed by atoms with Crippen LogP contribution in [0.3, 0.4) is 0 Å². The molecule has 9 nitrogen and oxygen atoms in total. The summed E-state index contributed by atoms with van der Waals surface area (Å²) < 4.78 is 56.2. The molecule has 2 aromatic rings. The molecule has 1 saturated heterocycles. The van der Waals surface area contributed by atoms with Gasteiger partial charge in [-0.15, -0.1) is 0 Å². The zero-order chi connectivity index (χ0) is 21.3. The van der Waals surface area contributed by atoms with Gasteiger partial charge in [0.25, 0.3) is 0 Å². The van der Waals surface area contributed by atoms with Crippen LogP contribution < -0.4 is 23.7 Å². The second-order valence-corrected chi connectivity index (χ2v) is 9.20. The molecule has 3 aliphatic heterocycles. The van der Waals surface area contributed by atoms with Crippen molar-refractivity contribution in [2.45, 2.75) is 10.9 Å². The molecule has 2 aromatic carbocycles. The third kappa shape index (κ3) is 4.29. The third-order valence-corrected chi connectivity index (χ3v) is 6.98. The number of ether oxygens (including phenoxy) is 5. The molecule has 3 aliphatic rings. The van der Waals surface area contributed by atoms with Gasteiger partial charge in [0.2, 0.25) is 16.8 Å². The molecule has 1 N–H and O–H groups in total. The van der Waals surface area contributed by atoms with Crippen LogP contribution in [0.15, 0.2) is 41.3 Å². The van der Waals surface area contributed by atoms with Crippen molar-refractivity contribution in [2.75, 3.05) is 52.9 Å². The van der Waals surface area contributed by atoms with Crippen LogP contribution in [0, 0.1) is 0 Å². The van der Waals surface area contributed by atoms with Crippen molar-refractivity contribution >= 4 is 10.0 Å². The second kappa shape index (κ2) is 8.54. The zero-order valence-electron chi connectivity index (χ0n) is 16.9. The van der Waals surface area contributed by atoms with E-state index in [1.54, 1.807) is 6.07 Å². The van der Waals surface area contributed by atoms with E-state index in [4.69, 9.17) is 23.7 Å². The molecule has 1 atom stereocenters. The molecule has 0 aliphatic carbocycles. The van der Waals surface area contributed by atoms with Crippen LogP contribution >= 0.6 is 0 Å². The van der Waals surface area contributed by atoms with Crippen LogP contribution in [-0.4, -0.2) is 66.2 Å². The summed E-state index contributed by atoms with van der Waals surface area (Å²) in [6.45, 7) is 3.89. The van der Waals surface area contributed by atoms with Gasteiger partial charge in [0.15, 0.2) is 23.0 Å². The highest BCUT2D eigenvalue weighted by atomic mass is 32.2. The number of fused-ring (bicyclic) bond motifs is 2. The number of nitrogens with zero attached hydrogens (tertiary/aromatic N) is 1. The van der Waals surface area contributed by atoms with Gasteiger partial charge in [-0.2, -0.15) is 0 Å². The monoisotopic (exact) mass is 448 g/mol. The Morgan fingerprint density at radius 2 is 1.52 bits per heavy atom. The Balaban J connectivity index is 1.37. The van der Waals surface area contributed by atoms with Crippen molar-refractivity contribution in [2.24, 2.45) is 0 Å². The van der Waals surface area contributed by atoms with Crippen LogP contribution in [0.1, 0.15) is 11.6 Å². The molecule has 3 heterocycles. The molecule has 5 rings (SSSR count). The van der Waals surface area contributed by atoms with Crippen molar-refractivity contribution in [1.29, 1.82) is 0 Å². The molecular weight excluding hydrogens is 424 g/mol. The highest BCUT2D eigenvalue weighted by Crippen LogP contribution is 2.36. The summed E-state index contributed by atoms with van der Waals surface area (Å²) in [6, 6.07) is 10.2. The number of sulfonamides is 1. The van der Waals surface area contributed by atoms with E-state index in [0.717, 1.165) is 5.56 Å². The molecule has 0 unspecified atom stereocenters. The summed E-state index contributed by atoms with van der Waals surface area (Å²) in [5.74, 6) is 2.36. The van der Waals surface area contributed by atoms with E-state index in [-0.39, 0.29) is 24.3 Å². The summed E-state index contributed by atoms with van der Waals surface area (Å²) in [7, 11) is -3.75. The zero-order valence-corrected chi connectivity index (χ0v) is 17.7. The SMILES string of the molecule is O=S(=O)(NC[C@H](c1ccc2c(c1)OCO2)N1CCOCC1)c1ccc2c(c1)OCCO2. The normalized spacial score (nSPS) is 19.2. The molecule has 0 amide bonds. The fourth-order valence-electron chi connectivity index (χ4n) is 3.93. The highest BCUT2D eigenvalue weighted by Gasteiger charge is 2.27. The third-order valence-electron chi connectivity index (χ3n) is 5.56. The molecule has 0 bridgehead atoms. The van der Waals surface area contributed by atoms with E-state index >= 15 is 0 Å². The van der Waals surface area contributed by atoms with E-state index in [1.165, 1.54) is 12.1 Å². The fourth-order valence-corrected chi connectivity index (χ4v) is 4.98. The molecule has 0 radical (unpaired) electrons. The maximum atomic E-state index is 13.0. The van der Waals surface area contributed by atoms with Crippen LogP contribution in [0.25, 0.3) is 0 Å². The number of hydrogen-bond acceptors (Lipinski definition) is 8. The minimum atomic E-state index is -3.75. The van der Waals surface area contributed by atoms with E-state index < -0.39 is 10.0 Å². The lowest BCUT2D eigenvalue weighted by atomic mass is 10.0. The van der Waals surface area contributed by atoms with Gasteiger partial charge in [-0.25, -0.2) is 13.1 Å². The highest BCUT2D eigenvalue weighted by molar-refractivity contribution is 7.89. The van der Waals surface area contributed by atoms with E-state index in [2.05, 4.69) is 9.62 Å². The largest absolute Gasteiger partial charge is 0.486 e. The van der Waals surface area contributed by atoms with Gasteiger partial charge in [-0.3, -0.25) is 4.90 Å². The van der Waals surface area contributed by atoms with Gasteiger partial charge < -0.3 is 23.7 Å². The number of nitrogens with one attached hydrogen (secondary N) is 1. The number of morpholine rings is 1. The lowest BCUT2D eigenvalue weighted by Crippen LogP contribution is -2.43. The van der Waals surface area contributed by atoms with Crippen molar-refractivity contribution in [1.82, 2.24) is 9.62 Å². The second-order valence-electron chi connectivity index (χ2n) is 7.43. The molecule has 10 heteroatoms. The Kier molecular flexibility index (Phi) is 5.61. The lowest BCUT2D eigenvalue weighted by molar-refractivity contribution is 0.0171. The van der Waals surface area contributed by atoms with E-state index in [0.29, 0.717) is 62.5 Å². The molecule has 0 spiro atoms. The van der Waals surface area contributed by atoms with Gasteiger partial charge in [0.05, 0.1) is 18.1 Å². The minimum absolute atomic E-state index is 0.142. The Morgan fingerprint density at radius 1 is 0.839 bits per heavy atom. The minimum Gasteiger partial charge on any atom is -0.486 e. The van der Waals surface area contributed by atoms with Gasteiger partial charge in [-0.1, -0.05) is 6.07 Å². The first-order chi connectivity index (χ1) is 15.1. The summed E-state index contributed by atoms with van der Waals surface area (Å²) in [5, 5.41) is 0. The van der Waals surface area contributed by atoms with E-state index in [1.807, 2.05) is 18.2 Å². The maximum absolute atomic E-state index is 13.0. The molecule has 0 aromatic heterocycles. The van der Waals surface area contributed by atoms with Crippen molar-refractivity contribution in [3.8, 4) is 23.0 Å². The first-order valence-electron chi connectivity index (χ1n) is 10.2. The Labute approximate surface area is 180 Å². The number of hydrogen-bond donors (Lipinski definition) is 1. The molecule has 31 heavy (non-hydrogen) atoms. The average Bonchev–Trinajstić information content (AvgIpc) is 3.28. The summed E-state index contributed by atoms with van der Waals surface area (Å²) in [6.07, 6.45) is 0. The van der Waals surface area contributed by atoms with Crippen LogP contribution in [0.5, 0.6) is 23.0 Å². The van der Waals surface area contributed by atoms with Crippen LogP contribution in [0.2, 0.25) is 0 Å². The van der Waals surface area contributed by atoms with Crippen LogP contribution in [-0.2, 0) is 14.8 Å². The van der Waals surface area contributed by atoms with Crippen molar-refractivity contribution < 1.29 is 32.1 Å². The summed E-state index contributed by atoms with van der Waals surface area (Å²) in [5.41, 5.74) is 0.955. The number of benzene rings is 2. The molecule has 1 fully saturated rings. The summed E-state index contributed by atoms with van der Waals surface area (Å²) in [4.78, 5) is 2.36. The lowest BCUT2D eigenvalue weighted by Gasteiger charge is -2.35. The summed E-state index contributed by atoms with van der Waals surface area (Å²) >= 11 is 0. The first kappa shape index (κ1) is 20.4. The smallest absolute Gasteiger partial charge is 0.240 e. The van der Waals surface area contributed by atoms with Gasteiger partial charge in [-0.05, 0) is 29.8 Å². The topological polar surface area (TPSA) is 95.6 Å². The van der Waals surface area contributed by atoms with Gasteiger partial charge in [0.1, 0.15) is 13.2 Å². The van der Waals surface area contributed by atoms with Crippen LogP contribution in [0.4, 0.5) is 0 Å². The Bertz CT molecular complexity index is 1050. The predicted molar refractivity (Wildman–Crippen MR) is 110 cm³/mol. The standard InChI is InChI=1S/C21H24N2O7S/c24-31(25,16-2-4-18-21(12-16)28-10-9-27-18)22-13-17(23-5-7-26-8-6-23)15-1-3-19-20(11-15)30-14-29-19/h1-4,11-12,17,22H,5-10,13-14H2/t17-/m1/s1.